The maximum atomic E-state index is 12.7. The Labute approximate surface area is 174 Å². The molecule has 0 atom stereocenters. The van der Waals surface area contributed by atoms with Crippen molar-refractivity contribution in [3.05, 3.63) is 36.0 Å². The lowest BCUT2D eigenvalue weighted by Crippen LogP contribution is -2.28. The number of aromatic nitrogens is 5. The Morgan fingerprint density at radius 3 is 2.57 bits per heavy atom. The molecule has 3 heterocycles. The number of tetrazole rings is 1. The van der Waals surface area contributed by atoms with E-state index >= 15 is 0 Å². The largest absolute Gasteiger partial charge is 0.384 e. The number of primary sulfonamides is 1. The number of piperidine rings is 1. The highest BCUT2D eigenvalue weighted by Crippen LogP contribution is 2.37. The zero-order valence-electron chi connectivity index (χ0n) is 16.4. The topological polar surface area (TPSA) is 166 Å². The van der Waals surface area contributed by atoms with Crippen molar-refractivity contribution >= 4 is 15.8 Å². The van der Waals surface area contributed by atoms with Crippen molar-refractivity contribution in [1.29, 1.82) is 0 Å². The molecule has 3 aromatic rings. The normalized spacial score (nSPS) is 15.4. The van der Waals surface area contributed by atoms with Crippen LogP contribution in [0.25, 0.3) is 22.5 Å². The Bertz CT molecular complexity index is 1110. The zero-order valence-corrected chi connectivity index (χ0v) is 17.2. The molecule has 0 unspecified atom stereocenters. The molecule has 2 aromatic heterocycles. The van der Waals surface area contributed by atoms with Gasteiger partial charge >= 0.3 is 0 Å². The van der Waals surface area contributed by atoms with Gasteiger partial charge in [0.15, 0.2) is 0 Å². The van der Waals surface area contributed by atoms with E-state index in [-0.39, 0.29) is 10.7 Å². The summed E-state index contributed by atoms with van der Waals surface area (Å²) in [6.45, 7) is 1.98. The van der Waals surface area contributed by atoms with Crippen LogP contribution >= 0.6 is 0 Å². The molecule has 0 bridgehead atoms. The summed E-state index contributed by atoms with van der Waals surface area (Å²) in [5.74, 6) is 1.08. The average Bonchev–Trinajstić information content (AvgIpc) is 3.27. The molecule has 0 saturated carbocycles. The van der Waals surface area contributed by atoms with E-state index in [2.05, 4.69) is 30.9 Å². The van der Waals surface area contributed by atoms with E-state index in [1.54, 1.807) is 18.3 Å². The molecule has 0 amide bonds. The molecule has 1 fully saturated rings. The van der Waals surface area contributed by atoms with E-state index in [9.17, 15) is 8.42 Å². The first-order valence-corrected chi connectivity index (χ1v) is 11.3. The Kier molecular flexibility index (Phi) is 5.75. The van der Waals surface area contributed by atoms with Gasteiger partial charge in [-0.3, -0.25) is 0 Å². The fourth-order valence-corrected chi connectivity index (χ4v) is 4.99. The standard InChI is InChI=1S/C19H24N8O2S/c20-16-6-4-14(11-23-16)15-5-3-13(2-1-12-7-9-22-10-8-12)18(30(21,28)29)17(15)19-24-26-27-25-19/h3-6,11-12,22H,1-2,7-10H2,(H2,20,23)(H2,21,28,29)(H,24,25,26,27). The number of nitrogen functional groups attached to an aromatic ring is 1. The van der Waals surface area contributed by atoms with Crippen LogP contribution in [0.4, 0.5) is 5.82 Å². The molecular weight excluding hydrogens is 404 g/mol. The van der Waals surface area contributed by atoms with Crippen molar-refractivity contribution in [2.75, 3.05) is 18.8 Å². The number of sulfonamides is 1. The smallest absolute Gasteiger partial charge is 0.239 e. The molecule has 6 N–H and O–H groups in total. The van der Waals surface area contributed by atoms with Gasteiger partial charge in [0.05, 0.1) is 10.5 Å². The third-order valence-electron chi connectivity index (χ3n) is 5.47. The number of H-pyrrole nitrogens is 1. The maximum Gasteiger partial charge on any atom is 0.239 e. The number of nitrogens with zero attached hydrogens (tertiary/aromatic N) is 4. The second kappa shape index (κ2) is 8.46. The van der Waals surface area contributed by atoms with Crippen molar-refractivity contribution in [2.45, 2.75) is 30.6 Å². The van der Waals surface area contributed by atoms with Gasteiger partial charge in [0, 0.05) is 11.8 Å². The molecule has 4 rings (SSSR count). The lowest BCUT2D eigenvalue weighted by Gasteiger charge is -2.23. The first-order valence-electron chi connectivity index (χ1n) is 9.78. The van der Waals surface area contributed by atoms with E-state index in [0.29, 0.717) is 40.4 Å². The van der Waals surface area contributed by atoms with Crippen molar-refractivity contribution in [1.82, 2.24) is 30.9 Å². The van der Waals surface area contributed by atoms with E-state index in [0.717, 1.165) is 32.4 Å². The van der Waals surface area contributed by atoms with Gasteiger partial charge in [-0.1, -0.05) is 12.1 Å². The van der Waals surface area contributed by atoms with Crippen LogP contribution in [0.2, 0.25) is 0 Å². The van der Waals surface area contributed by atoms with E-state index < -0.39 is 10.0 Å². The third-order valence-corrected chi connectivity index (χ3v) is 6.51. The van der Waals surface area contributed by atoms with Crippen LogP contribution < -0.4 is 16.2 Å². The number of nitrogens with one attached hydrogen (secondary N) is 2. The van der Waals surface area contributed by atoms with Crippen LogP contribution in [-0.4, -0.2) is 47.1 Å². The second-order valence-corrected chi connectivity index (χ2v) is 8.96. The summed E-state index contributed by atoms with van der Waals surface area (Å²) in [6.07, 6.45) is 5.23. The minimum atomic E-state index is -4.06. The van der Waals surface area contributed by atoms with Crippen molar-refractivity contribution in [2.24, 2.45) is 11.1 Å². The summed E-state index contributed by atoms with van der Waals surface area (Å²) >= 11 is 0. The number of benzene rings is 1. The first kappa shape index (κ1) is 20.4. The van der Waals surface area contributed by atoms with Gasteiger partial charge in [0.1, 0.15) is 5.82 Å². The summed E-state index contributed by atoms with van der Waals surface area (Å²) in [6, 6.07) is 7.08. The molecule has 1 aromatic carbocycles. The minimum Gasteiger partial charge on any atom is -0.384 e. The molecule has 0 aliphatic carbocycles. The number of pyridine rings is 1. The monoisotopic (exact) mass is 428 g/mol. The van der Waals surface area contributed by atoms with E-state index in [4.69, 9.17) is 10.9 Å². The van der Waals surface area contributed by atoms with Gasteiger partial charge in [0.2, 0.25) is 15.8 Å². The predicted molar refractivity (Wildman–Crippen MR) is 113 cm³/mol. The van der Waals surface area contributed by atoms with Crippen LogP contribution in [0.5, 0.6) is 0 Å². The van der Waals surface area contributed by atoms with Gasteiger partial charge in [-0.05, 0) is 73.2 Å². The fourth-order valence-electron chi connectivity index (χ4n) is 3.97. The molecule has 1 aliphatic heterocycles. The van der Waals surface area contributed by atoms with E-state index in [1.165, 1.54) is 0 Å². The van der Waals surface area contributed by atoms with Crippen molar-refractivity contribution < 1.29 is 8.42 Å². The highest BCUT2D eigenvalue weighted by Gasteiger charge is 2.27. The number of hydrogen-bond acceptors (Lipinski definition) is 8. The Morgan fingerprint density at radius 1 is 1.13 bits per heavy atom. The number of hydrogen-bond donors (Lipinski definition) is 4. The first-order chi connectivity index (χ1) is 14.4. The molecule has 0 radical (unpaired) electrons. The summed E-state index contributed by atoms with van der Waals surface area (Å²) in [5.41, 5.74) is 7.95. The summed E-state index contributed by atoms with van der Waals surface area (Å²) in [5, 5.41) is 23.1. The Morgan fingerprint density at radius 2 is 1.93 bits per heavy atom. The molecule has 1 saturated heterocycles. The molecular formula is C19H24N8O2S. The van der Waals surface area contributed by atoms with Crippen LogP contribution in [0.3, 0.4) is 0 Å². The minimum absolute atomic E-state index is 0.0344. The second-order valence-electron chi connectivity index (χ2n) is 7.46. The summed E-state index contributed by atoms with van der Waals surface area (Å²) in [7, 11) is -4.06. The number of anilines is 1. The molecule has 10 nitrogen and oxygen atoms in total. The summed E-state index contributed by atoms with van der Waals surface area (Å²) < 4.78 is 25.4. The molecule has 11 heteroatoms. The Hall–Kier alpha value is -2.89. The van der Waals surface area contributed by atoms with E-state index in [1.807, 2.05) is 12.1 Å². The number of aromatic amines is 1. The average molecular weight is 429 g/mol. The molecule has 0 spiro atoms. The lowest BCUT2D eigenvalue weighted by atomic mass is 9.90. The van der Waals surface area contributed by atoms with Gasteiger partial charge in [-0.15, -0.1) is 10.2 Å². The lowest BCUT2D eigenvalue weighted by molar-refractivity contribution is 0.354. The SMILES string of the molecule is Nc1ccc(-c2ccc(CCC3CCNCC3)c(S(N)(=O)=O)c2-c2nn[nH]n2)cn1. The highest BCUT2D eigenvalue weighted by atomic mass is 32.2. The zero-order chi connectivity index (χ0) is 21.1. The predicted octanol–water partition coefficient (Wildman–Crippen LogP) is 1.09. The van der Waals surface area contributed by atoms with Gasteiger partial charge in [-0.25, -0.2) is 18.5 Å². The van der Waals surface area contributed by atoms with Crippen LogP contribution in [0.15, 0.2) is 35.4 Å². The van der Waals surface area contributed by atoms with Crippen molar-refractivity contribution in [3.8, 4) is 22.5 Å². The summed E-state index contributed by atoms with van der Waals surface area (Å²) in [4.78, 5) is 4.15. The van der Waals surface area contributed by atoms with Gasteiger partial charge in [0.25, 0.3) is 0 Å². The Balaban J connectivity index is 1.84. The molecule has 158 valence electrons. The van der Waals surface area contributed by atoms with Gasteiger partial charge < -0.3 is 11.1 Å². The van der Waals surface area contributed by atoms with Gasteiger partial charge in [-0.2, -0.15) is 5.21 Å². The van der Waals surface area contributed by atoms with Crippen LogP contribution in [0.1, 0.15) is 24.8 Å². The number of rotatable bonds is 6. The van der Waals surface area contributed by atoms with Crippen LogP contribution in [0, 0.1) is 5.92 Å². The number of aryl methyl sites for hydroxylation is 1. The number of nitrogens with two attached hydrogens (primary N) is 2. The van der Waals surface area contributed by atoms with Crippen LogP contribution in [-0.2, 0) is 16.4 Å². The quantitative estimate of drug-likeness (QED) is 0.453. The fraction of sp³-hybridized carbons (Fsp3) is 0.368. The molecule has 30 heavy (non-hydrogen) atoms. The highest BCUT2D eigenvalue weighted by molar-refractivity contribution is 7.89. The molecule has 1 aliphatic rings. The third kappa shape index (κ3) is 4.32. The van der Waals surface area contributed by atoms with Crippen molar-refractivity contribution in [3.63, 3.8) is 0 Å². The maximum absolute atomic E-state index is 12.7.